The predicted molar refractivity (Wildman–Crippen MR) is 85.1 cm³/mol. The zero-order valence-corrected chi connectivity index (χ0v) is 13.6. The second-order valence-electron chi connectivity index (χ2n) is 5.55. The number of benzene rings is 1. The lowest BCUT2D eigenvalue weighted by Crippen LogP contribution is -2.42. The van der Waals surface area contributed by atoms with Crippen LogP contribution in [0.25, 0.3) is 0 Å². The van der Waals surface area contributed by atoms with Gasteiger partial charge in [-0.2, -0.15) is 0 Å². The third-order valence-corrected chi connectivity index (χ3v) is 6.91. The molecule has 0 spiro atoms. The molecular weight excluding hydrogens is 286 g/mol. The molecule has 1 saturated heterocycles. The molecule has 2 rings (SSSR count). The van der Waals surface area contributed by atoms with Crippen molar-refractivity contribution in [3.8, 4) is 0 Å². The molecule has 1 fully saturated rings. The third kappa shape index (κ3) is 3.84. The molecule has 0 aliphatic carbocycles. The van der Waals surface area contributed by atoms with Gasteiger partial charge in [0.25, 0.3) is 0 Å². The van der Waals surface area contributed by atoms with Crippen LogP contribution in [-0.2, 0) is 14.6 Å². The Kier molecular flexibility index (Phi) is 5.79. The van der Waals surface area contributed by atoms with Crippen LogP contribution in [0.4, 0.5) is 0 Å². The van der Waals surface area contributed by atoms with Gasteiger partial charge in [-0.3, -0.25) is 0 Å². The van der Waals surface area contributed by atoms with Gasteiger partial charge in [-0.25, -0.2) is 8.42 Å². The number of sulfone groups is 1. The summed E-state index contributed by atoms with van der Waals surface area (Å²) in [7, 11) is -3.17. The maximum Gasteiger partial charge on any atom is 0.157 e. The highest BCUT2D eigenvalue weighted by Crippen LogP contribution is 2.28. The van der Waals surface area contributed by atoms with E-state index in [1.54, 1.807) is 0 Å². The summed E-state index contributed by atoms with van der Waals surface area (Å²) in [6, 6.07) is 9.67. The lowest BCUT2D eigenvalue weighted by atomic mass is 10.0. The average Bonchev–Trinajstić information content (AvgIpc) is 2.53. The van der Waals surface area contributed by atoms with E-state index < -0.39 is 15.1 Å². The van der Waals surface area contributed by atoms with Crippen molar-refractivity contribution in [2.75, 3.05) is 19.8 Å². The van der Waals surface area contributed by atoms with Crippen molar-refractivity contribution in [2.24, 2.45) is 0 Å². The molecule has 0 radical (unpaired) electrons. The van der Waals surface area contributed by atoms with Crippen LogP contribution in [0.1, 0.15) is 38.3 Å². The second-order valence-corrected chi connectivity index (χ2v) is 8.14. The van der Waals surface area contributed by atoms with Crippen molar-refractivity contribution in [1.82, 2.24) is 5.32 Å². The molecular formula is C16H25NO3S. The summed E-state index contributed by atoms with van der Waals surface area (Å²) < 4.78 is 31.0. The van der Waals surface area contributed by atoms with E-state index in [4.69, 9.17) is 4.74 Å². The van der Waals surface area contributed by atoms with E-state index in [1.165, 1.54) is 0 Å². The summed E-state index contributed by atoms with van der Waals surface area (Å²) in [6.07, 6.45) is 1.22. The summed E-state index contributed by atoms with van der Waals surface area (Å²) in [6.45, 7) is 5.67. The van der Waals surface area contributed by atoms with E-state index >= 15 is 0 Å². The Morgan fingerprint density at radius 2 is 1.86 bits per heavy atom. The first-order chi connectivity index (χ1) is 10.1. The van der Waals surface area contributed by atoms with E-state index in [-0.39, 0.29) is 11.3 Å². The highest BCUT2D eigenvalue weighted by atomic mass is 32.2. The fourth-order valence-corrected chi connectivity index (χ4v) is 5.02. The van der Waals surface area contributed by atoms with Crippen LogP contribution < -0.4 is 5.32 Å². The normalized spacial score (nSPS) is 20.1. The minimum absolute atomic E-state index is 0.163. The molecule has 0 aromatic heterocycles. The quantitative estimate of drug-likeness (QED) is 0.876. The van der Waals surface area contributed by atoms with Crippen molar-refractivity contribution in [1.29, 1.82) is 0 Å². The lowest BCUT2D eigenvalue weighted by molar-refractivity contribution is 0.0981. The van der Waals surface area contributed by atoms with Crippen molar-refractivity contribution in [2.45, 2.75) is 43.2 Å². The molecule has 4 nitrogen and oxygen atoms in total. The number of hydrogen-bond acceptors (Lipinski definition) is 4. The fourth-order valence-electron chi connectivity index (χ4n) is 2.93. The van der Waals surface area contributed by atoms with Gasteiger partial charge in [0, 0.05) is 19.3 Å². The summed E-state index contributed by atoms with van der Waals surface area (Å²) >= 11 is 0. The van der Waals surface area contributed by atoms with Gasteiger partial charge in [-0.1, -0.05) is 37.3 Å². The molecule has 2 unspecified atom stereocenters. The molecule has 1 aromatic carbocycles. The van der Waals surface area contributed by atoms with Crippen LogP contribution in [0.2, 0.25) is 0 Å². The van der Waals surface area contributed by atoms with Crippen LogP contribution in [0.5, 0.6) is 0 Å². The predicted octanol–water partition coefficient (Wildman–Crippen LogP) is 2.32. The Labute approximate surface area is 127 Å². The molecule has 0 bridgehead atoms. The topological polar surface area (TPSA) is 55.4 Å². The minimum atomic E-state index is -3.17. The van der Waals surface area contributed by atoms with E-state index in [0.29, 0.717) is 26.1 Å². The molecule has 2 atom stereocenters. The van der Waals surface area contributed by atoms with Gasteiger partial charge < -0.3 is 10.1 Å². The zero-order valence-electron chi connectivity index (χ0n) is 12.8. The molecule has 1 aliphatic heterocycles. The van der Waals surface area contributed by atoms with Gasteiger partial charge in [0.2, 0.25) is 0 Å². The molecule has 0 saturated carbocycles. The van der Waals surface area contributed by atoms with E-state index in [1.807, 2.05) is 44.2 Å². The summed E-state index contributed by atoms with van der Waals surface area (Å²) in [5, 5.41) is 2.62. The summed E-state index contributed by atoms with van der Waals surface area (Å²) in [5.41, 5.74) is 1.03. The lowest BCUT2D eigenvalue weighted by Gasteiger charge is -2.30. The van der Waals surface area contributed by atoms with Crippen LogP contribution >= 0.6 is 0 Å². The Balaban J connectivity index is 2.23. The molecule has 5 heteroatoms. The van der Waals surface area contributed by atoms with Gasteiger partial charge in [0.05, 0.1) is 10.5 Å². The molecule has 21 heavy (non-hydrogen) atoms. The molecule has 118 valence electrons. The van der Waals surface area contributed by atoms with E-state index in [2.05, 4.69) is 5.32 Å². The van der Waals surface area contributed by atoms with Crippen LogP contribution in [0.3, 0.4) is 0 Å². The number of hydrogen-bond donors (Lipinski definition) is 1. The Morgan fingerprint density at radius 1 is 1.24 bits per heavy atom. The first-order valence-electron chi connectivity index (χ1n) is 7.66. The van der Waals surface area contributed by atoms with E-state index in [0.717, 1.165) is 12.1 Å². The SMILES string of the molecule is CCNC(c1ccccc1)C(C)S(=O)(=O)C1CCOCC1. The average molecular weight is 311 g/mol. The van der Waals surface area contributed by atoms with Gasteiger partial charge in [-0.05, 0) is 31.9 Å². The Morgan fingerprint density at radius 3 is 2.43 bits per heavy atom. The molecule has 1 N–H and O–H groups in total. The second kappa shape index (κ2) is 7.38. The van der Waals surface area contributed by atoms with Gasteiger partial charge >= 0.3 is 0 Å². The van der Waals surface area contributed by atoms with Crippen LogP contribution in [0, 0.1) is 0 Å². The molecule has 1 aliphatic rings. The minimum Gasteiger partial charge on any atom is -0.381 e. The highest BCUT2D eigenvalue weighted by molar-refractivity contribution is 7.92. The zero-order chi connectivity index (χ0) is 15.3. The van der Waals surface area contributed by atoms with Gasteiger partial charge in [0.15, 0.2) is 9.84 Å². The number of nitrogens with one attached hydrogen (secondary N) is 1. The van der Waals surface area contributed by atoms with E-state index in [9.17, 15) is 8.42 Å². The highest BCUT2D eigenvalue weighted by Gasteiger charge is 2.37. The van der Waals surface area contributed by atoms with Crippen LogP contribution in [-0.4, -0.2) is 38.7 Å². The van der Waals surface area contributed by atoms with Crippen molar-refractivity contribution < 1.29 is 13.2 Å². The van der Waals surface area contributed by atoms with Gasteiger partial charge in [-0.15, -0.1) is 0 Å². The maximum atomic E-state index is 12.9. The van der Waals surface area contributed by atoms with Crippen molar-refractivity contribution >= 4 is 9.84 Å². The number of ether oxygens (including phenoxy) is 1. The summed E-state index contributed by atoms with van der Waals surface area (Å²) in [5.74, 6) is 0. The molecule has 1 heterocycles. The number of rotatable bonds is 6. The Bertz CT molecular complexity index is 524. The first kappa shape index (κ1) is 16.5. The monoisotopic (exact) mass is 311 g/mol. The summed E-state index contributed by atoms with van der Waals surface area (Å²) in [4.78, 5) is 0. The molecule has 0 amide bonds. The van der Waals surface area contributed by atoms with Crippen LogP contribution in [0.15, 0.2) is 30.3 Å². The smallest absolute Gasteiger partial charge is 0.157 e. The van der Waals surface area contributed by atoms with Gasteiger partial charge in [0.1, 0.15) is 0 Å². The fraction of sp³-hybridized carbons (Fsp3) is 0.625. The first-order valence-corrected chi connectivity index (χ1v) is 9.27. The third-order valence-electron chi connectivity index (χ3n) is 4.20. The maximum absolute atomic E-state index is 12.9. The molecule has 1 aromatic rings. The Hall–Kier alpha value is -0.910. The van der Waals surface area contributed by atoms with Crippen molar-refractivity contribution in [3.05, 3.63) is 35.9 Å². The van der Waals surface area contributed by atoms with Crippen molar-refractivity contribution in [3.63, 3.8) is 0 Å². The standard InChI is InChI=1S/C16H25NO3S/c1-3-17-16(14-7-5-4-6-8-14)13(2)21(18,19)15-9-11-20-12-10-15/h4-8,13,15-17H,3,9-12H2,1-2H3. The largest absolute Gasteiger partial charge is 0.381 e.